The van der Waals surface area contributed by atoms with Gasteiger partial charge in [-0.05, 0) is 24.1 Å². The summed E-state index contributed by atoms with van der Waals surface area (Å²) in [6.07, 6.45) is 2.23. The summed E-state index contributed by atoms with van der Waals surface area (Å²) in [7, 11) is 1.28. The molecular formula is C11H11NO3. The SMILES string of the molecule is CCc1ccc(C(=O)OC)c(N=C=O)c1. The molecule has 0 aliphatic rings. The van der Waals surface area contributed by atoms with E-state index in [2.05, 4.69) is 9.73 Å². The minimum atomic E-state index is -0.508. The maximum absolute atomic E-state index is 11.3. The number of carbonyl (C=O) groups is 1. The molecule has 1 aromatic carbocycles. The molecule has 0 amide bonds. The molecule has 0 unspecified atom stereocenters. The van der Waals surface area contributed by atoms with Gasteiger partial charge in [0.25, 0.3) is 0 Å². The summed E-state index contributed by atoms with van der Waals surface area (Å²) in [5.41, 5.74) is 1.57. The second-order valence-electron chi connectivity index (χ2n) is 2.90. The highest BCUT2D eigenvalue weighted by Gasteiger charge is 2.11. The van der Waals surface area contributed by atoms with E-state index in [4.69, 9.17) is 0 Å². The van der Waals surface area contributed by atoms with Crippen LogP contribution in [0.1, 0.15) is 22.8 Å². The van der Waals surface area contributed by atoms with Crippen molar-refractivity contribution >= 4 is 17.7 Å². The van der Waals surface area contributed by atoms with Gasteiger partial charge in [0, 0.05) is 0 Å². The second kappa shape index (κ2) is 5.08. The normalized spacial score (nSPS) is 9.20. The Bertz CT molecular complexity index is 420. The van der Waals surface area contributed by atoms with Gasteiger partial charge in [-0.2, -0.15) is 4.99 Å². The monoisotopic (exact) mass is 205 g/mol. The fraction of sp³-hybridized carbons (Fsp3) is 0.273. The third-order valence-corrected chi connectivity index (χ3v) is 2.04. The molecule has 4 heteroatoms. The first-order valence-electron chi connectivity index (χ1n) is 4.52. The Balaban J connectivity index is 3.26. The third-order valence-electron chi connectivity index (χ3n) is 2.04. The lowest BCUT2D eigenvalue weighted by molar-refractivity contribution is 0.0601. The number of aliphatic imine (C=N–C) groups is 1. The van der Waals surface area contributed by atoms with E-state index < -0.39 is 5.97 Å². The molecule has 0 N–H and O–H groups in total. The van der Waals surface area contributed by atoms with Gasteiger partial charge in [0.15, 0.2) is 0 Å². The van der Waals surface area contributed by atoms with Crippen LogP contribution in [0.2, 0.25) is 0 Å². The molecule has 0 heterocycles. The van der Waals surface area contributed by atoms with Gasteiger partial charge in [-0.15, -0.1) is 0 Å². The van der Waals surface area contributed by atoms with E-state index in [-0.39, 0.29) is 5.56 Å². The van der Waals surface area contributed by atoms with Crippen molar-refractivity contribution in [3.05, 3.63) is 29.3 Å². The molecule has 1 rings (SSSR count). The van der Waals surface area contributed by atoms with Gasteiger partial charge in [-0.25, -0.2) is 9.59 Å². The summed E-state index contributed by atoms with van der Waals surface area (Å²) < 4.78 is 4.57. The summed E-state index contributed by atoms with van der Waals surface area (Å²) in [4.78, 5) is 25.0. The maximum Gasteiger partial charge on any atom is 0.340 e. The number of esters is 1. The van der Waals surface area contributed by atoms with Crippen molar-refractivity contribution in [1.29, 1.82) is 0 Å². The number of aryl methyl sites for hydroxylation is 1. The standard InChI is InChI=1S/C11H11NO3/c1-3-8-4-5-9(11(14)15-2)10(6-8)12-7-13/h4-6H,3H2,1-2H3. The van der Waals surface area contributed by atoms with E-state index >= 15 is 0 Å². The lowest BCUT2D eigenvalue weighted by Crippen LogP contribution is -2.01. The lowest BCUT2D eigenvalue weighted by atomic mass is 10.1. The topological polar surface area (TPSA) is 55.7 Å². The van der Waals surface area contributed by atoms with Crippen LogP contribution >= 0.6 is 0 Å². The van der Waals surface area contributed by atoms with Crippen LogP contribution in [0.15, 0.2) is 23.2 Å². The summed E-state index contributed by atoms with van der Waals surface area (Å²) in [6.45, 7) is 1.97. The molecule has 0 fully saturated rings. The highest BCUT2D eigenvalue weighted by Crippen LogP contribution is 2.21. The van der Waals surface area contributed by atoms with Crippen LogP contribution in [0.4, 0.5) is 5.69 Å². The number of hydrogen-bond acceptors (Lipinski definition) is 4. The van der Waals surface area contributed by atoms with Crippen molar-refractivity contribution in [3.8, 4) is 0 Å². The summed E-state index contributed by atoms with van der Waals surface area (Å²) in [6, 6.07) is 5.08. The van der Waals surface area contributed by atoms with Crippen LogP contribution in [0.25, 0.3) is 0 Å². The van der Waals surface area contributed by atoms with Crippen LogP contribution in [0.5, 0.6) is 0 Å². The molecule has 0 radical (unpaired) electrons. The van der Waals surface area contributed by atoms with Gasteiger partial charge >= 0.3 is 5.97 Å². The minimum Gasteiger partial charge on any atom is -0.465 e. The van der Waals surface area contributed by atoms with E-state index in [0.717, 1.165) is 12.0 Å². The van der Waals surface area contributed by atoms with Gasteiger partial charge in [0.1, 0.15) is 0 Å². The van der Waals surface area contributed by atoms with Gasteiger partial charge in [-0.3, -0.25) is 0 Å². The van der Waals surface area contributed by atoms with Gasteiger partial charge < -0.3 is 4.74 Å². The molecule has 0 spiro atoms. The Morgan fingerprint density at radius 2 is 2.27 bits per heavy atom. The number of ether oxygens (including phenoxy) is 1. The highest BCUT2D eigenvalue weighted by atomic mass is 16.5. The second-order valence-corrected chi connectivity index (χ2v) is 2.90. The van der Waals surface area contributed by atoms with Crippen LogP contribution in [0, 0.1) is 0 Å². The molecule has 0 atom stereocenters. The molecule has 0 aromatic heterocycles. The third kappa shape index (κ3) is 2.51. The molecule has 78 valence electrons. The molecule has 0 aliphatic carbocycles. The Morgan fingerprint density at radius 3 is 2.80 bits per heavy atom. The van der Waals surface area contributed by atoms with Gasteiger partial charge in [0.05, 0.1) is 18.4 Å². The lowest BCUT2D eigenvalue weighted by Gasteiger charge is -2.04. The Kier molecular flexibility index (Phi) is 3.77. The van der Waals surface area contributed by atoms with E-state index in [0.29, 0.717) is 5.69 Å². The van der Waals surface area contributed by atoms with Crippen molar-refractivity contribution in [3.63, 3.8) is 0 Å². The van der Waals surface area contributed by atoms with Crippen molar-refractivity contribution in [2.75, 3.05) is 7.11 Å². The van der Waals surface area contributed by atoms with Crippen molar-refractivity contribution in [1.82, 2.24) is 0 Å². The average molecular weight is 205 g/mol. The summed E-state index contributed by atoms with van der Waals surface area (Å²) >= 11 is 0. The zero-order valence-electron chi connectivity index (χ0n) is 8.61. The van der Waals surface area contributed by atoms with Gasteiger partial charge in [-0.1, -0.05) is 13.0 Å². The average Bonchev–Trinajstić information content (AvgIpc) is 2.28. The van der Waals surface area contributed by atoms with Crippen LogP contribution < -0.4 is 0 Å². The first kappa shape index (κ1) is 11.1. The van der Waals surface area contributed by atoms with Crippen LogP contribution in [-0.4, -0.2) is 19.2 Å². The van der Waals surface area contributed by atoms with E-state index in [1.807, 2.05) is 6.92 Å². The number of benzene rings is 1. The number of hydrogen-bond donors (Lipinski definition) is 0. The highest BCUT2D eigenvalue weighted by molar-refractivity contribution is 5.95. The van der Waals surface area contributed by atoms with Crippen LogP contribution in [0.3, 0.4) is 0 Å². The van der Waals surface area contributed by atoms with E-state index in [1.165, 1.54) is 13.2 Å². The maximum atomic E-state index is 11.3. The molecule has 0 saturated carbocycles. The quantitative estimate of drug-likeness (QED) is 0.431. The number of isocyanates is 1. The van der Waals surface area contributed by atoms with Crippen molar-refractivity contribution < 1.29 is 14.3 Å². The van der Waals surface area contributed by atoms with E-state index in [9.17, 15) is 9.59 Å². The Hall–Kier alpha value is -1.93. The fourth-order valence-corrected chi connectivity index (χ4v) is 1.22. The predicted octanol–water partition coefficient (Wildman–Crippen LogP) is 2.00. The number of nitrogens with zero attached hydrogens (tertiary/aromatic N) is 1. The first-order valence-corrected chi connectivity index (χ1v) is 4.52. The zero-order chi connectivity index (χ0) is 11.3. The molecule has 0 aliphatic heterocycles. The van der Waals surface area contributed by atoms with Crippen LogP contribution in [-0.2, 0) is 16.0 Å². The number of methoxy groups -OCH3 is 1. The summed E-state index contributed by atoms with van der Waals surface area (Å²) in [5, 5.41) is 0. The van der Waals surface area contributed by atoms with Crippen molar-refractivity contribution in [2.45, 2.75) is 13.3 Å². The predicted molar refractivity (Wildman–Crippen MR) is 54.9 cm³/mol. The number of rotatable bonds is 3. The van der Waals surface area contributed by atoms with Gasteiger partial charge in [0.2, 0.25) is 6.08 Å². The fourth-order valence-electron chi connectivity index (χ4n) is 1.22. The zero-order valence-corrected chi connectivity index (χ0v) is 8.61. The Labute approximate surface area is 87.6 Å². The molecule has 0 bridgehead atoms. The molecule has 4 nitrogen and oxygen atoms in total. The molecule has 1 aromatic rings. The molecule has 0 saturated heterocycles. The Morgan fingerprint density at radius 1 is 1.53 bits per heavy atom. The molecular weight excluding hydrogens is 194 g/mol. The minimum absolute atomic E-state index is 0.276. The largest absolute Gasteiger partial charge is 0.465 e. The molecule has 15 heavy (non-hydrogen) atoms. The van der Waals surface area contributed by atoms with Crippen molar-refractivity contribution in [2.24, 2.45) is 4.99 Å². The number of carbonyl (C=O) groups excluding carboxylic acids is 2. The van der Waals surface area contributed by atoms with E-state index in [1.54, 1.807) is 18.2 Å². The summed E-state index contributed by atoms with van der Waals surface area (Å²) in [5.74, 6) is -0.508. The smallest absolute Gasteiger partial charge is 0.340 e. The first-order chi connectivity index (χ1) is 7.22.